The Morgan fingerprint density at radius 2 is 1.67 bits per heavy atom. The lowest BCUT2D eigenvalue weighted by Crippen LogP contribution is -2.43. The zero-order valence-corrected chi connectivity index (χ0v) is 21.6. The van der Waals surface area contributed by atoms with Gasteiger partial charge in [0.05, 0.1) is 11.3 Å². The highest BCUT2D eigenvalue weighted by molar-refractivity contribution is 7.90. The Morgan fingerprint density at radius 3 is 2.19 bits per heavy atom. The van der Waals surface area contributed by atoms with E-state index in [1.807, 2.05) is 20.8 Å². The summed E-state index contributed by atoms with van der Waals surface area (Å²) in [7, 11) is 0. The summed E-state index contributed by atoms with van der Waals surface area (Å²) >= 11 is -1.81. The van der Waals surface area contributed by atoms with Crippen LogP contribution in [0.15, 0.2) is 36.5 Å². The van der Waals surface area contributed by atoms with E-state index in [2.05, 4.69) is 9.71 Å². The molecule has 1 N–H and O–H groups in total. The van der Waals surface area contributed by atoms with Gasteiger partial charge < -0.3 is 9.12 Å². The van der Waals surface area contributed by atoms with Crippen LogP contribution >= 0.6 is 0 Å². The third-order valence-electron chi connectivity index (χ3n) is 5.34. The molecule has 0 bridgehead atoms. The zero-order chi connectivity index (χ0) is 27.2. The first-order valence-corrected chi connectivity index (χ1v) is 12.4. The number of aromatic nitrogens is 2. The molecule has 198 valence electrons. The number of fused-ring (bicyclic) bond motifs is 1. The molecule has 2 atom stereocenters. The van der Waals surface area contributed by atoms with E-state index in [0.717, 1.165) is 12.1 Å². The highest BCUT2D eigenvalue weighted by atomic mass is 32.2. The molecule has 4 nitrogen and oxygen atoms in total. The second kappa shape index (κ2) is 9.90. The van der Waals surface area contributed by atoms with Gasteiger partial charge in [0.15, 0.2) is 0 Å². The van der Waals surface area contributed by atoms with Gasteiger partial charge in [-0.15, -0.1) is 4.72 Å². The molecule has 0 fully saturated rings. The number of rotatable bonds is 6. The number of alkyl halides is 5. The fourth-order valence-corrected chi connectivity index (χ4v) is 4.55. The molecule has 2 heterocycles. The van der Waals surface area contributed by atoms with E-state index in [-0.39, 0.29) is 27.9 Å². The molecule has 36 heavy (non-hydrogen) atoms. The fourth-order valence-electron chi connectivity index (χ4n) is 3.74. The minimum atomic E-state index is -4.83. The maximum atomic E-state index is 14.2. The van der Waals surface area contributed by atoms with Crippen molar-refractivity contribution in [1.29, 1.82) is 0 Å². The summed E-state index contributed by atoms with van der Waals surface area (Å²) in [6.07, 6.45) is -6.27. The minimum absolute atomic E-state index is 0.0746. The monoisotopic (exact) mass is 533 g/mol. The second-order valence-electron chi connectivity index (χ2n) is 10.8. The Hall–Kier alpha value is -2.24. The Labute approximate surface area is 209 Å². The number of hydrogen-bond acceptors (Lipinski definition) is 3. The van der Waals surface area contributed by atoms with Crippen molar-refractivity contribution in [3.8, 4) is 11.3 Å². The molecule has 3 rings (SSSR count). The number of benzene rings is 1. The summed E-state index contributed by atoms with van der Waals surface area (Å²) in [6, 6.07) is 3.43. The average molecular weight is 534 g/mol. The van der Waals surface area contributed by atoms with E-state index in [1.165, 1.54) is 18.3 Å². The van der Waals surface area contributed by atoms with Gasteiger partial charge in [-0.1, -0.05) is 20.8 Å². The van der Waals surface area contributed by atoms with Crippen LogP contribution in [0.4, 0.5) is 26.3 Å². The normalized spacial score (nSPS) is 15.1. The number of nitrogens with zero attached hydrogens (tertiary/aromatic N) is 2. The second-order valence-corrected chi connectivity index (χ2v) is 12.8. The smallest absolute Gasteiger partial charge is 0.417 e. The van der Waals surface area contributed by atoms with Gasteiger partial charge in [-0.3, -0.25) is 0 Å². The lowest BCUT2D eigenvalue weighted by Gasteiger charge is -2.27. The Bertz CT molecular complexity index is 1230. The van der Waals surface area contributed by atoms with E-state index in [4.69, 9.17) is 0 Å². The van der Waals surface area contributed by atoms with Crippen LogP contribution in [-0.4, -0.2) is 25.3 Å². The van der Waals surface area contributed by atoms with Crippen LogP contribution in [-0.2, 0) is 24.1 Å². The summed E-state index contributed by atoms with van der Waals surface area (Å²) < 4.78 is 98.8. The number of nitrogens with one attached hydrogen (secondary N) is 1. The van der Waals surface area contributed by atoms with Crippen molar-refractivity contribution in [2.75, 3.05) is 0 Å². The molecular weight excluding hydrogens is 504 g/mol. The molecule has 3 aromatic rings. The van der Waals surface area contributed by atoms with Crippen LogP contribution in [0, 0.1) is 11.2 Å². The topological polar surface area (TPSA) is 52.9 Å². The van der Waals surface area contributed by atoms with Gasteiger partial charge in [0.25, 0.3) is 6.43 Å². The van der Waals surface area contributed by atoms with Gasteiger partial charge in [-0.2, -0.15) is 13.2 Å². The lowest BCUT2D eigenvalue weighted by atomic mass is 9.97. The van der Waals surface area contributed by atoms with Gasteiger partial charge >= 0.3 is 6.18 Å². The SMILES string of the molecule is CC(C)(C)Cn1cc(C(N[S+]([O-])C(C)(C)C)C(F)F)c2ccc(-c3ccc(F)cc3C(F)(F)F)nc21. The largest absolute Gasteiger partial charge is 0.598 e. The van der Waals surface area contributed by atoms with Gasteiger partial charge in [0.1, 0.15) is 22.3 Å². The van der Waals surface area contributed by atoms with Gasteiger partial charge in [0.2, 0.25) is 0 Å². The highest BCUT2D eigenvalue weighted by Gasteiger charge is 2.37. The fraction of sp³-hybridized carbons (Fsp3) is 0.480. The van der Waals surface area contributed by atoms with Crippen LogP contribution < -0.4 is 4.72 Å². The van der Waals surface area contributed by atoms with Crippen LogP contribution in [0.1, 0.15) is 58.7 Å². The van der Waals surface area contributed by atoms with Crippen molar-refractivity contribution in [1.82, 2.24) is 14.3 Å². The van der Waals surface area contributed by atoms with E-state index < -0.39 is 46.1 Å². The first kappa shape index (κ1) is 28.3. The van der Waals surface area contributed by atoms with E-state index in [9.17, 15) is 30.9 Å². The van der Waals surface area contributed by atoms with Crippen LogP contribution in [0.2, 0.25) is 0 Å². The molecule has 1 aromatic carbocycles. The number of pyridine rings is 1. The lowest BCUT2D eigenvalue weighted by molar-refractivity contribution is -0.137. The van der Waals surface area contributed by atoms with Crippen LogP contribution in [0.25, 0.3) is 22.3 Å². The average Bonchev–Trinajstić information content (AvgIpc) is 3.05. The van der Waals surface area contributed by atoms with Crippen molar-refractivity contribution in [3.05, 3.63) is 53.5 Å². The summed E-state index contributed by atoms with van der Waals surface area (Å²) in [5.41, 5.74) is -1.57. The molecule has 11 heteroatoms. The quantitative estimate of drug-likeness (QED) is 0.268. The standard InChI is InChI=1S/C25H29F6N3OS/c1-23(2,3)13-34-12-17(20(21(27)28)33-36(35)24(4,5)6)15-9-10-19(32-22(15)34)16-8-7-14(26)11-18(16)25(29,30)31/h7-12,20-21,33H,13H2,1-6H3. The van der Waals surface area contributed by atoms with E-state index >= 15 is 0 Å². The molecule has 0 aliphatic rings. The van der Waals surface area contributed by atoms with Crippen LogP contribution in [0.3, 0.4) is 0 Å². The van der Waals surface area contributed by atoms with Crippen molar-refractivity contribution in [3.63, 3.8) is 0 Å². The molecule has 0 saturated carbocycles. The predicted molar refractivity (Wildman–Crippen MR) is 129 cm³/mol. The van der Waals surface area contributed by atoms with Crippen LogP contribution in [0.5, 0.6) is 0 Å². The molecule has 0 aliphatic heterocycles. The van der Waals surface area contributed by atoms with Crippen molar-refractivity contribution in [2.45, 2.75) is 71.5 Å². The van der Waals surface area contributed by atoms with Gasteiger partial charge in [0, 0.05) is 40.6 Å². The molecule has 0 spiro atoms. The molecule has 0 radical (unpaired) electrons. The van der Waals surface area contributed by atoms with Gasteiger partial charge in [-0.05, 0) is 56.5 Å². The van der Waals surface area contributed by atoms with Crippen molar-refractivity contribution >= 4 is 22.4 Å². The maximum absolute atomic E-state index is 14.2. The van der Waals surface area contributed by atoms with Crippen molar-refractivity contribution in [2.24, 2.45) is 5.41 Å². The van der Waals surface area contributed by atoms with E-state index in [1.54, 1.807) is 25.3 Å². The molecule has 0 amide bonds. The molecule has 0 aliphatic carbocycles. The van der Waals surface area contributed by atoms with Gasteiger partial charge in [-0.25, -0.2) is 18.2 Å². The minimum Gasteiger partial charge on any atom is -0.598 e. The van der Waals surface area contributed by atoms with E-state index in [0.29, 0.717) is 18.0 Å². The van der Waals surface area contributed by atoms with Crippen molar-refractivity contribution < 1.29 is 30.9 Å². The third kappa shape index (κ3) is 6.36. The molecule has 0 saturated heterocycles. The summed E-state index contributed by atoms with van der Waals surface area (Å²) in [4.78, 5) is 4.42. The maximum Gasteiger partial charge on any atom is 0.417 e. The Morgan fingerprint density at radius 1 is 1.03 bits per heavy atom. The predicted octanol–water partition coefficient (Wildman–Crippen LogP) is 7.27. The first-order chi connectivity index (χ1) is 16.4. The molecule has 2 aromatic heterocycles. The Balaban J connectivity index is 2.23. The molecule has 2 unspecified atom stereocenters. The number of halogens is 6. The first-order valence-electron chi connectivity index (χ1n) is 11.2. The zero-order valence-electron chi connectivity index (χ0n) is 20.8. The summed E-state index contributed by atoms with van der Waals surface area (Å²) in [5.74, 6) is -1.04. The number of hydrogen-bond donors (Lipinski definition) is 1. The Kier molecular flexibility index (Phi) is 7.80. The summed E-state index contributed by atoms with van der Waals surface area (Å²) in [6.45, 7) is 11.0. The highest BCUT2D eigenvalue weighted by Crippen LogP contribution is 2.39. The summed E-state index contributed by atoms with van der Waals surface area (Å²) in [5, 5.41) is 0.294. The third-order valence-corrected chi connectivity index (χ3v) is 6.92. The molecular formula is C25H29F6N3OS.